The summed E-state index contributed by atoms with van der Waals surface area (Å²) in [5, 5.41) is 14.2. The molecule has 6 nitrogen and oxygen atoms in total. The maximum Gasteiger partial charge on any atom is 0.416 e. The Labute approximate surface area is 346 Å². The number of aromatic hydroxyl groups is 1. The van der Waals surface area contributed by atoms with Crippen molar-refractivity contribution in [3.05, 3.63) is 51.5 Å². The van der Waals surface area contributed by atoms with E-state index in [0.717, 1.165) is 48.9 Å². The van der Waals surface area contributed by atoms with Gasteiger partial charge in [-0.3, -0.25) is 15.0 Å². The standard InChI is InChI=1S/C31H39ClF3N3O3S.C6H14.2C4H10/c1-5-9-41-17-22-10-23(31(33,34)35)12-26-27(22)36-30(42-26)37-29(40)25-13-24(32)11-21(28(25)39)16-38(14-18(2)3)15-19(4)20-7-6-8-20;1-3-5-6-4-2;1-4(2)3;1-3-4-2/h10-13,18-20,39H,5-9,14-17H2,1-4H3,(H,36,37,40);3-6H2,1-2H3;4H,1-3H3;3-4H2,1-2H3. The number of carbonyl (C=O) groups excluding carboxylic acids is 1. The van der Waals surface area contributed by atoms with E-state index in [4.69, 9.17) is 16.3 Å². The van der Waals surface area contributed by atoms with Gasteiger partial charge in [0.15, 0.2) is 5.13 Å². The van der Waals surface area contributed by atoms with Crippen LogP contribution < -0.4 is 5.32 Å². The lowest BCUT2D eigenvalue weighted by atomic mass is 9.76. The number of phenols is 1. The molecule has 0 radical (unpaired) electrons. The fraction of sp³-hybridized carbons (Fsp3) is 0.689. The zero-order chi connectivity index (χ0) is 42.4. The van der Waals surface area contributed by atoms with Gasteiger partial charge in [0, 0.05) is 42.4 Å². The Morgan fingerprint density at radius 2 is 1.54 bits per heavy atom. The summed E-state index contributed by atoms with van der Waals surface area (Å²) in [6.07, 6.45) is 8.14. The summed E-state index contributed by atoms with van der Waals surface area (Å²) in [5.41, 5.74) is 0.347. The van der Waals surface area contributed by atoms with Crippen LogP contribution in [0.1, 0.15) is 167 Å². The molecule has 0 saturated heterocycles. The molecule has 1 aliphatic rings. The lowest BCUT2D eigenvalue weighted by Gasteiger charge is -2.36. The fourth-order valence-corrected chi connectivity index (χ4v) is 7.08. The Morgan fingerprint density at radius 1 is 0.929 bits per heavy atom. The van der Waals surface area contributed by atoms with E-state index >= 15 is 0 Å². The minimum absolute atomic E-state index is 0.0178. The first kappa shape index (κ1) is 51.6. The summed E-state index contributed by atoms with van der Waals surface area (Å²) < 4.78 is 46.5. The maximum atomic E-state index is 13.6. The summed E-state index contributed by atoms with van der Waals surface area (Å²) in [5.74, 6) is 1.67. The number of rotatable bonds is 17. The summed E-state index contributed by atoms with van der Waals surface area (Å²) in [7, 11) is 0. The number of carbonyl (C=O) groups is 1. The molecule has 1 fully saturated rings. The number of benzene rings is 2. The van der Waals surface area contributed by atoms with Crippen LogP contribution in [0.15, 0.2) is 24.3 Å². The van der Waals surface area contributed by atoms with Gasteiger partial charge in [-0.15, -0.1) is 0 Å². The van der Waals surface area contributed by atoms with Crippen LogP contribution in [0.4, 0.5) is 18.3 Å². The largest absolute Gasteiger partial charge is 0.507 e. The van der Waals surface area contributed by atoms with Crippen LogP contribution in [0.2, 0.25) is 5.02 Å². The Bertz CT molecular complexity index is 1530. The molecule has 2 aromatic carbocycles. The SMILES string of the molecule is CC(C)C.CCCC.CCCCCC.CCCOCc1cc(C(F)(F)F)cc2sc(NC(=O)c3cc(Cl)cc(CN(CC(C)C)CC(C)C4CCC4)c3O)nc12. The smallest absolute Gasteiger partial charge is 0.416 e. The van der Waals surface area contributed by atoms with Gasteiger partial charge in [-0.1, -0.05) is 157 Å². The molecule has 1 saturated carbocycles. The molecule has 2 N–H and O–H groups in total. The fourth-order valence-electron chi connectivity index (χ4n) is 5.89. The topological polar surface area (TPSA) is 74.7 Å². The van der Waals surface area contributed by atoms with E-state index in [2.05, 4.69) is 84.4 Å². The molecule has 0 aliphatic heterocycles. The minimum atomic E-state index is -4.54. The molecule has 0 bridgehead atoms. The van der Waals surface area contributed by atoms with Gasteiger partial charge >= 0.3 is 6.18 Å². The van der Waals surface area contributed by atoms with Gasteiger partial charge in [0.2, 0.25) is 0 Å². The third-order valence-corrected chi connectivity index (χ3v) is 10.2. The molecule has 1 amide bonds. The van der Waals surface area contributed by atoms with Crippen LogP contribution in [0.5, 0.6) is 5.75 Å². The Hall–Kier alpha value is -2.40. The Kier molecular flexibility index (Phi) is 25.2. The normalized spacial score (nSPS) is 13.4. The van der Waals surface area contributed by atoms with Crippen LogP contribution in [0, 0.1) is 23.7 Å². The highest BCUT2D eigenvalue weighted by molar-refractivity contribution is 7.22. The van der Waals surface area contributed by atoms with E-state index in [1.54, 1.807) is 6.07 Å². The zero-order valence-corrected chi connectivity index (χ0v) is 37.9. The molecule has 11 heteroatoms. The van der Waals surface area contributed by atoms with Crippen molar-refractivity contribution in [2.75, 3.05) is 25.0 Å². The van der Waals surface area contributed by atoms with Crippen LogP contribution in [0.3, 0.4) is 0 Å². The first-order chi connectivity index (χ1) is 26.4. The molecule has 1 atom stereocenters. The number of halogens is 4. The number of phenolic OH excluding ortho intramolecular Hbond substituents is 1. The third kappa shape index (κ3) is 19.4. The number of aromatic nitrogens is 1. The number of amides is 1. The summed E-state index contributed by atoms with van der Waals surface area (Å²) in [6.45, 7) is 26.3. The van der Waals surface area contributed by atoms with Crippen molar-refractivity contribution in [3.8, 4) is 5.75 Å². The number of hydrogen-bond donors (Lipinski definition) is 2. The molecule has 0 spiro atoms. The van der Waals surface area contributed by atoms with E-state index in [0.29, 0.717) is 52.6 Å². The monoisotopic (exact) mass is 828 g/mol. The molecule has 1 heterocycles. The van der Waals surface area contributed by atoms with Crippen molar-refractivity contribution in [3.63, 3.8) is 0 Å². The van der Waals surface area contributed by atoms with Gasteiger partial charge in [-0.25, -0.2) is 4.98 Å². The van der Waals surface area contributed by atoms with Gasteiger partial charge in [0.25, 0.3) is 5.91 Å². The molecule has 4 rings (SSSR count). The molecule has 3 aromatic rings. The molecule has 1 aliphatic carbocycles. The van der Waals surface area contributed by atoms with Crippen LogP contribution >= 0.6 is 22.9 Å². The number of thiazole rings is 1. The number of unbranched alkanes of at least 4 members (excludes halogenated alkanes) is 4. The number of hydrogen-bond acceptors (Lipinski definition) is 6. The van der Waals surface area contributed by atoms with Gasteiger partial charge in [0.05, 0.1) is 28.0 Å². The number of nitrogens with one attached hydrogen (secondary N) is 1. The molecule has 56 heavy (non-hydrogen) atoms. The van der Waals surface area contributed by atoms with Gasteiger partial charge in [0.1, 0.15) is 5.75 Å². The van der Waals surface area contributed by atoms with E-state index < -0.39 is 17.6 Å². The second-order valence-corrected chi connectivity index (χ2v) is 17.6. The number of ether oxygens (including phenoxy) is 1. The maximum absolute atomic E-state index is 13.6. The lowest BCUT2D eigenvalue weighted by Crippen LogP contribution is -2.35. The second kappa shape index (κ2) is 27.3. The molecule has 1 aromatic heterocycles. The third-order valence-electron chi connectivity index (χ3n) is 9.10. The van der Waals surface area contributed by atoms with E-state index in [1.807, 2.05) is 6.92 Å². The summed E-state index contributed by atoms with van der Waals surface area (Å²) in [4.78, 5) is 20.0. The van der Waals surface area contributed by atoms with Crippen LogP contribution in [-0.2, 0) is 24.1 Å². The van der Waals surface area contributed by atoms with E-state index in [1.165, 1.54) is 63.9 Å². The van der Waals surface area contributed by atoms with E-state index in [-0.39, 0.29) is 27.8 Å². The van der Waals surface area contributed by atoms with Gasteiger partial charge in [-0.05, 0) is 54.4 Å². The number of anilines is 1. The number of nitrogens with zero attached hydrogens (tertiary/aromatic N) is 2. The second-order valence-electron chi connectivity index (χ2n) is 16.2. The predicted molar refractivity (Wildman–Crippen MR) is 233 cm³/mol. The summed E-state index contributed by atoms with van der Waals surface area (Å²) >= 11 is 7.34. The highest BCUT2D eigenvalue weighted by Crippen LogP contribution is 2.38. The average molecular weight is 829 g/mol. The highest BCUT2D eigenvalue weighted by atomic mass is 35.5. The minimum Gasteiger partial charge on any atom is -0.507 e. The highest BCUT2D eigenvalue weighted by Gasteiger charge is 2.32. The van der Waals surface area contributed by atoms with Gasteiger partial charge < -0.3 is 9.84 Å². The van der Waals surface area contributed by atoms with Crippen molar-refractivity contribution < 1.29 is 27.8 Å². The van der Waals surface area contributed by atoms with E-state index in [9.17, 15) is 23.1 Å². The average Bonchev–Trinajstić information content (AvgIpc) is 3.50. The van der Waals surface area contributed by atoms with Gasteiger partial charge in [-0.2, -0.15) is 13.2 Å². The quantitative estimate of drug-likeness (QED) is 0.133. The lowest BCUT2D eigenvalue weighted by molar-refractivity contribution is -0.137. The molecular formula is C45H73ClF3N3O3S. The number of fused-ring (bicyclic) bond motifs is 1. The van der Waals surface area contributed by atoms with Crippen molar-refractivity contribution in [1.82, 2.24) is 9.88 Å². The molecule has 320 valence electrons. The van der Waals surface area contributed by atoms with Crippen LogP contribution in [0.25, 0.3) is 10.2 Å². The predicted octanol–water partition coefficient (Wildman–Crippen LogP) is 14.8. The first-order valence-corrected chi connectivity index (χ1v) is 22.2. The Balaban J connectivity index is 0.000000960. The van der Waals surface area contributed by atoms with Crippen molar-refractivity contribution in [2.24, 2.45) is 23.7 Å². The van der Waals surface area contributed by atoms with Crippen molar-refractivity contribution in [2.45, 2.75) is 160 Å². The molecule has 1 unspecified atom stereocenters. The van der Waals surface area contributed by atoms with Crippen LogP contribution in [-0.4, -0.2) is 40.6 Å². The summed E-state index contributed by atoms with van der Waals surface area (Å²) in [6, 6.07) is 5.12. The first-order valence-electron chi connectivity index (χ1n) is 21.0. The van der Waals surface area contributed by atoms with Crippen molar-refractivity contribution >= 4 is 44.2 Å². The zero-order valence-electron chi connectivity index (χ0n) is 36.3. The number of alkyl halides is 3. The molecular weight excluding hydrogens is 755 g/mol. The Morgan fingerprint density at radius 3 is 2.02 bits per heavy atom. The van der Waals surface area contributed by atoms with Crippen molar-refractivity contribution in [1.29, 1.82) is 0 Å².